The summed E-state index contributed by atoms with van der Waals surface area (Å²) in [5, 5.41) is 2.20. The standard InChI is InChI=1S/C10H9Cl2F3N2O/c1-5(4-10(13,14)15)16-9(18)6-2-7(11)17-8(12)3-6/h2-3,5H,4H2,1H3,(H,16,18). The second-order valence-electron chi connectivity index (χ2n) is 3.70. The summed E-state index contributed by atoms with van der Waals surface area (Å²) in [6.07, 6.45) is -5.44. The van der Waals surface area contributed by atoms with Gasteiger partial charge in [-0.1, -0.05) is 23.2 Å². The maximum atomic E-state index is 12.1. The van der Waals surface area contributed by atoms with Gasteiger partial charge < -0.3 is 5.32 Å². The fourth-order valence-corrected chi connectivity index (χ4v) is 1.76. The minimum atomic E-state index is -4.33. The molecule has 0 saturated carbocycles. The van der Waals surface area contributed by atoms with Crippen LogP contribution >= 0.6 is 23.2 Å². The highest BCUT2D eigenvalue weighted by molar-refractivity contribution is 6.33. The maximum absolute atomic E-state index is 12.1. The molecule has 1 aromatic rings. The SMILES string of the molecule is CC(CC(F)(F)F)NC(=O)c1cc(Cl)nc(Cl)c1. The second-order valence-corrected chi connectivity index (χ2v) is 4.47. The molecule has 1 unspecified atom stereocenters. The number of carbonyl (C=O) groups excluding carboxylic acids is 1. The number of aromatic nitrogens is 1. The molecule has 0 saturated heterocycles. The third kappa shape index (κ3) is 5.10. The number of alkyl halides is 3. The molecule has 1 aromatic heterocycles. The fourth-order valence-electron chi connectivity index (χ4n) is 1.30. The topological polar surface area (TPSA) is 42.0 Å². The second kappa shape index (κ2) is 5.75. The quantitative estimate of drug-likeness (QED) is 0.869. The average Bonchev–Trinajstić information content (AvgIpc) is 2.12. The van der Waals surface area contributed by atoms with Gasteiger partial charge in [0.05, 0.1) is 6.42 Å². The first-order valence-electron chi connectivity index (χ1n) is 4.88. The molecule has 0 aliphatic carbocycles. The number of halogens is 5. The summed E-state index contributed by atoms with van der Waals surface area (Å²) < 4.78 is 36.3. The van der Waals surface area contributed by atoms with Crippen LogP contribution in [-0.2, 0) is 0 Å². The lowest BCUT2D eigenvalue weighted by atomic mass is 10.2. The lowest BCUT2D eigenvalue weighted by Crippen LogP contribution is -2.35. The molecule has 8 heteroatoms. The van der Waals surface area contributed by atoms with E-state index in [0.717, 1.165) is 0 Å². The van der Waals surface area contributed by atoms with Gasteiger partial charge in [0, 0.05) is 11.6 Å². The summed E-state index contributed by atoms with van der Waals surface area (Å²) in [4.78, 5) is 15.2. The first-order chi connectivity index (χ1) is 8.17. The molecule has 0 aliphatic heterocycles. The minimum Gasteiger partial charge on any atom is -0.349 e. The Labute approximate surface area is 111 Å². The summed E-state index contributed by atoms with van der Waals surface area (Å²) in [6.45, 7) is 1.26. The Kier molecular flexibility index (Phi) is 4.81. The third-order valence-electron chi connectivity index (χ3n) is 1.94. The van der Waals surface area contributed by atoms with E-state index in [9.17, 15) is 18.0 Å². The number of nitrogens with zero attached hydrogens (tertiary/aromatic N) is 1. The van der Waals surface area contributed by atoms with E-state index < -0.39 is 24.5 Å². The van der Waals surface area contributed by atoms with Crippen molar-refractivity contribution >= 4 is 29.1 Å². The Morgan fingerprint density at radius 2 is 1.89 bits per heavy atom. The zero-order chi connectivity index (χ0) is 13.9. The maximum Gasteiger partial charge on any atom is 0.391 e. The van der Waals surface area contributed by atoms with Gasteiger partial charge in [-0.3, -0.25) is 4.79 Å². The van der Waals surface area contributed by atoms with E-state index >= 15 is 0 Å². The Hall–Kier alpha value is -1.01. The molecule has 1 N–H and O–H groups in total. The van der Waals surface area contributed by atoms with Gasteiger partial charge in [0.15, 0.2) is 0 Å². The average molecular weight is 301 g/mol. The van der Waals surface area contributed by atoms with Crippen LogP contribution in [0.2, 0.25) is 10.3 Å². The number of pyridine rings is 1. The van der Waals surface area contributed by atoms with Crippen molar-refractivity contribution in [2.75, 3.05) is 0 Å². The Morgan fingerprint density at radius 1 is 1.39 bits per heavy atom. The van der Waals surface area contributed by atoms with E-state index in [1.807, 2.05) is 0 Å². The Bertz CT molecular complexity index is 431. The highest BCUT2D eigenvalue weighted by atomic mass is 35.5. The van der Waals surface area contributed by atoms with E-state index in [2.05, 4.69) is 10.3 Å². The van der Waals surface area contributed by atoms with E-state index in [1.54, 1.807) is 0 Å². The van der Waals surface area contributed by atoms with Gasteiger partial charge in [-0.25, -0.2) is 4.98 Å². The third-order valence-corrected chi connectivity index (χ3v) is 2.33. The van der Waals surface area contributed by atoms with Gasteiger partial charge in [0.25, 0.3) is 5.91 Å². The van der Waals surface area contributed by atoms with Crippen molar-refractivity contribution in [2.24, 2.45) is 0 Å². The molecule has 1 heterocycles. The smallest absolute Gasteiger partial charge is 0.349 e. The lowest BCUT2D eigenvalue weighted by molar-refractivity contribution is -0.138. The van der Waals surface area contributed by atoms with Gasteiger partial charge >= 0.3 is 6.18 Å². The summed E-state index contributed by atoms with van der Waals surface area (Å²) in [6, 6.07) is 1.41. The highest BCUT2D eigenvalue weighted by Gasteiger charge is 2.30. The highest BCUT2D eigenvalue weighted by Crippen LogP contribution is 2.21. The number of carbonyl (C=O) groups is 1. The molecule has 1 rings (SSSR count). The van der Waals surface area contributed by atoms with Gasteiger partial charge in [-0.15, -0.1) is 0 Å². The van der Waals surface area contributed by atoms with Crippen molar-refractivity contribution in [3.8, 4) is 0 Å². The largest absolute Gasteiger partial charge is 0.391 e. The number of rotatable bonds is 3. The van der Waals surface area contributed by atoms with E-state index in [1.165, 1.54) is 19.1 Å². The van der Waals surface area contributed by atoms with Crippen molar-refractivity contribution in [3.63, 3.8) is 0 Å². The normalized spacial score (nSPS) is 13.2. The summed E-state index contributed by atoms with van der Waals surface area (Å²) in [7, 11) is 0. The zero-order valence-electron chi connectivity index (χ0n) is 9.18. The predicted molar refractivity (Wildman–Crippen MR) is 61.9 cm³/mol. The van der Waals surface area contributed by atoms with E-state index in [-0.39, 0.29) is 15.9 Å². The molecule has 100 valence electrons. The van der Waals surface area contributed by atoms with Gasteiger partial charge in [0.1, 0.15) is 10.3 Å². The van der Waals surface area contributed by atoms with Crippen LogP contribution in [0.4, 0.5) is 13.2 Å². The fraction of sp³-hybridized carbons (Fsp3) is 0.400. The van der Waals surface area contributed by atoms with Gasteiger partial charge in [0.2, 0.25) is 0 Å². The molecule has 0 fully saturated rings. The van der Waals surface area contributed by atoms with Crippen LogP contribution < -0.4 is 5.32 Å². The summed E-state index contributed by atoms with van der Waals surface area (Å²) in [5.41, 5.74) is 0.0639. The van der Waals surface area contributed by atoms with Crippen molar-refractivity contribution < 1.29 is 18.0 Å². The lowest BCUT2D eigenvalue weighted by Gasteiger charge is -2.15. The molecular formula is C10H9Cl2F3N2O. The molecule has 0 aliphatic rings. The first-order valence-corrected chi connectivity index (χ1v) is 5.63. The van der Waals surface area contributed by atoms with Crippen molar-refractivity contribution in [1.82, 2.24) is 10.3 Å². The van der Waals surface area contributed by atoms with E-state index in [0.29, 0.717) is 0 Å². The van der Waals surface area contributed by atoms with Crippen molar-refractivity contribution in [1.29, 1.82) is 0 Å². The molecule has 0 spiro atoms. The molecule has 3 nitrogen and oxygen atoms in total. The van der Waals surface area contributed by atoms with Crippen LogP contribution in [0.3, 0.4) is 0 Å². The number of hydrogen-bond acceptors (Lipinski definition) is 2. The van der Waals surface area contributed by atoms with Crippen LogP contribution in [0.25, 0.3) is 0 Å². The van der Waals surface area contributed by atoms with Gasteiger partial charge in [-0.05, 0) is 19.1 Å². The van der Waals surface area contributed by atoms with Crippen LogP contribution in [-0.4, -0.2) is 23.1 Å². The Balaban J connectivity index is 2.70. The van der Waals surface area contributed by atoms with Crippen molar-refractivity contribution in [2.45, 2.75) is 25.6 Å². The molecule has 0 bridgehead atoms. The van der Waals surface area contributed by atoms with Crippen LogP contribution in [0.5, 0.6) is 0 Å². The molecule has 1 atom stereocenters. The van der Waals surface area contributed by atoms with Gasteiger partial charge in [-0.2, -0.15) is 13.2 Å². The Morgan fingerprint density at radius 3 is 2.33 bits per heavy atom. The van der Waals surface area contributed by atoms with Crippen LogP contribution in [0.15, 0.2) is 12.1 Å². The predicted octanol–water partition coefficient (Wildman–Crippen LogP) is 3.46. The summed E-state index contributed by atoms with van der Waals surface area (Å²) in [5.74, 6) is -0.682. The minimum absolute atomic E-state index is 0.00359. The van der Waals surface area contributed by atoms with Crippen LogP contribution in [0.1, 0.15) is 23.7 Å². The zero-order valence-corrected chi connectivity index (χ0v) is 10.7. The van der Waals surface area contributed by atoms with Crippen LogP contribution in [0, 0.1) is 0 Å². The molecular weight excluding hydrogens is 292 g/mol. The molecule has 1 amide bonds. The molecule has 18 heavy (non-hydrogen) atoms. The van der Waals surface area contributed by atoms with E-state index in [4.69, 9.17) is 23.2 Å². The summed E-state index contributed by atoms with van der Waals surface area (Å²) >= 11 is 11.2. The monoisotopic (exact) mass is 300 g/mol. The number of nitrogens with one attached hydrogen (secondary N) is 1. The number of amides is 1. The number of hydrogen-bond donors (Lipinski definition) is 1. The molecule has 0 radical (unpaired) electrons. The first kappa shape index (κ1) is 15.0. The molecule has 0 aromatic carbocycles. The van der Waals surface area contributed by atoms with Crippen molar-refractivity contribution in [3.05, 3.63) is 28.0 Å².